The Morgan fingerprint density at radius 2 is 1.55 bits per heavy atom. The number of carbonyl (C=O) groups is 2. The molecule has 0 aliphatic carbocycles. The fourth-order valence-corrected chi connectivity index (χ4v) is 4.50. The van der Waals surface area contributed by atoms with E-state index in [1.807, 2.05) is 41.3 Å². The molecule has 0 aliphatic heterocycles. The minimum absolute atomic E-state index is 0.0232. The van der Waals surface area contributed by atoms with E-state index in [9.17, 15) is 9.59 Å². The summed E-state index contributed by atoms with van der Waals surface area (Å²) in [6.07, 6.45) is 5.61. The topological polar surface area (TPSA) is 68.7 Å². The summed E-state index contributed by atoms with van der Waals surface area (Å²) in [7, 11) is 0. The summed E-state index contributed by atoms with van der Waals surface area (Å²) < 4.78 is 0. The van der Waals surface area contributed by atoms with Crippen LogP contribution >= 0.6 is 0 Å². The summed E-state index contributed by atoms with van der Waals surface area (Å²) in [4.78, 5) is 40.3. The summed E-state index contributed by atoms with van der Waals surface area (Å²) in [5.74, 6) is 0.112. The third-order valence-electron chi connectivity index (χ3n) is 6.33. The number of rotatable bonds is 12. The van der Waals surface area contributed by atoms with Gasteiger partial charge in [-0.1, -0.05) is 72.8 Å². The van der Waals surface area contributed by atoms with Gasteiger partial charge in [-0.15, -0.1) is 0 Å². The Morgan fingerprint density at radius 3 is 2.18 bits per heavy atom. The van der Waals surface area contributed by atoms with E-state index in [-0.39, 0.29) is 11.8 Å². The van der Waals surface area contributed by atoms with Crippen molar-refractivity contribution in [3.63, 3.8) is 0 Å². The standard InChI is InChI=1S/C32H32N2O4/c1-25(35)37-38-30-18-8-11-26(23-30)12-10-21-34(32(36)29-17-9-20-33-24-29)22-19-31(27-13-4-2-5-14-27)28-15-6-3-7-16-28/h2-9,11,13-18,20,23-24,31H,10,12,19,21-22H2,1H3. The summed E-state index contributed by atoms with van der Waals surface area (Å²) in [6, 6.07) is 31.9. The highest BCUT2D eigenvalue weighted by atomic mass is 17.2. The van der Waals surface area contributed by atoms with Gasteiger partial charge in [0.2, 0.25) is 0 Å². The van der Waals surface area contributed by atoms with E-state index in [4.69, 9.17) is 4.89 Å². The first-order chi connectivity index (χ1) is 18.6. The van der Waals surface area contributed by atoms with Crippen LogP contribution in [-0.2, 0) is 16.1 Å². The molecule has 0 aliphatic rings. The van der Waals surface area contributed by atoms with E-state index in [1.54, 1.807) is 24.5 Å². The lowest BCUT2D eigenvalue weighted by Crippen LogP contribution is -2.34. The van der Waals surface area contributed by atoms with Crippen LogP contribution in [0.25, 0.3) is 0 Å². The van der Waals surface area contributed by atoms with Gasteiger partial charge in [-0.3, -0.25) is 19.6 Å². The Labute approximate surface area is 223 Å². The number of amides is 1. The highest BCUT2D eigenvalue weighted by Gasteiger charge is 2.20. The zero-order valence-corrected chi connectivity index (χ0v) is 21.5. The van der Waals surface area contributed by atoms with Crippen LogP contribution in [0.1, 0.15) is 52.7 Å². The van der Waals surface area contributed by atoms with Gasteiger partial charge in [-0.25, -0.2) is 4.79 Å². The van der Waals surface area contributed by atoms with Gasteiger partial charge in [0.25, 0.3) is 5.91 Å². The van der Waals surface area contributed by atoms with Crippen molar-refractivity contribution < 1.29 is 19.4 Å². The number of aryl methyl sites for hydroxylation is 1. The zero-order valence-electron chi connectivity index (χ0n) is 21.5. The number of hydrogen-bond donors (Lipinski definition) is 0. The summed E-state index contributed by atoms with van der Waals surface area (Å²) in [5.41, 5.74) is 4.09. The predicted octanol–water partition coefficient (Wildman–Crippen LogP) is 6.24. The van der Waals surface area contributed by atoms with Gasteiger partial charge < -0.3 is 4.90 Å². The molecule has 0 radical (unpaired) electrons. The highest BCUT2D eigenvalue weighted by Crippen LogP contribution is 2.28. The van der Waals surface area contributed by atoms with Crippen molar-refractivity contribution in [2.45, 2.75) is 32.1 Å². The molecule has 0 bridgehead atoms. The average Bonchev–Trinajstić information content (AvgIpc) is 2.97. The molecule has 0 atom stereocenters. The maximum atomic E-state index is 13.5. The Bertz CT molecular complexity index is 1260. The molecule has 1 aromatic heterocycles. The molecule has 3 aromatic carbocycles. The number of benzene rings is 3. The second-order valence-electron chi connectivity index (χ2n) is 9.11. The number of nitrogens with zero attached hydrogens (tertiary/aromatic N) is 2. The molecule has 0 fully saturated rings. The first kappa shape index (κ1) is 26.6. The Morgan fingerprint density at radius 1 is 0.842 bits per heavy atom. The van der Waals surface area contributed by atoms with Crippen LogP contribution in [0.3, 0.4) is 0 Å². The third-order valence-corrected chi connectivity index (χ3v) is 6.33. The minimum atomic E-state index is -0.510. The summed E-state index contributed by atoms with van der Waals surface area (Å²) in [5, 5.41) is 0. The normalized spacial score (nSPS) is 10.7. The first-order valence-corrected chi connectivity index (χ1v) is 12.8. The largest absolute Gasteiger partial charge is 0.352 e. The molecule has 38 heavy (non-hydrogen) atoms. The van der Waals surface area contributed by atoms with E-state index in [0.29, 0.717) is 24.4 Å². The smallest absolute Gasteiger partial charge is 0.339 e. The lowest BCUT2D eigenvalue weighted by atomic mass is 9.88. The number of hydrogen-bond acceptors (Lipinski definition) is 5. The molecular formula is C32H32N2O4. The van der Waals surface area contributed by atoms with Gasteiger partial charge in [0.05, 0.1) is 5.56 Å². The van der Waals surface area contributed by atoms with Gasteiger partial charge in [0.1, 0.15) is 0 Å². The predicted molar refractivity (Wildman–Crippen MR) is 147 cm³/mol. The Balaban J connectivity index is 1.47. The van der Waals surface area contributed by atoms with Gasteiger partial charge in [0.15, 0.2) is 5.75 Å². The third kappa shape index (κ3) is 7.77. The van der Waals surface area contributed by atoms with E-state index < -0.39 is 5.97 Å². The minimum Gasteiger partial charge on any atom is -0.339 e. The van der Waals surface area contributed by atoms with Crippen molar-refractivity contribution in [1.82, 2.24) is 9.88 Å². The lowest BCUT2D eigenvalue weighted by molar-refractivity contribution is -0.210. The van der Waals surface area contributed by atoms with Crippen LogP contribution in [0, 0.1) is 0 Å². The first-order valence-electron chi connectivity index (χ1n) is 12.8. The maximum Gasteiger partial charge on any atom is 0.352 e. The van der Waals surface area contributed by atoms with E-state index in [2.05, 4.69) is 58.4 Å². The molecule has 1 amide bonds. The number of pyridine rings is 1. The van der Waals surface area contributed by atoms with Crippen LogP contribution in [0.2, 0.25) is 0 Å². The van der Waals surface area contributed by atoms with Crippen LogP contribution < -0.4 is 4.89 Å². The molecule has 1 heterocycles. The molecule has 0 saturated heterocycles. The van der Waals surface area contributed by atoms with Gasteiger partial charge in [-0.2, -0.15) is 0 Å². The lowest BCUT2D eigenvalue weighted by Gasteiger charge is -2.26. The van der Waals surface area contributed by atoms with Gasteiger partial charge in [-0.05, 0) is 60.2 Å². The Hall–Kier alpha value is -4.45. The summed E-state index contributed by atoms with van der Waals surface area (Å²) >= 11 is 0. The Kier molecular flexibility index (Phi) is 9.63. The fourth-order valence-electron chi connectivity index (χ4n) is 4.50. The number of aromatic nitrogens is 1. The molecule has 6 nitrogen and oxygen atoms in total. The molecular weight excluding hydrogens is 476 g/mol. The van der Waals surface area contributed by atoms with E-state index >= 15 is 0 Å². The molecule has 6 heteroatoms. The van der Waals surface area contributed by atoms with Crippen LogP contribution in [-0.4, -0.2) is 34.8 Å². The van der Waals surface area contributed by atoms with Gasteiger partial charge >= 0.3 is 5.97 Å². The molecule has 194 valence electrons. The molecule has 4 aromatic rings. The van der Waals surface area contributed by atoms with Crippen molar-refractivity contribution in [3.05, 3.63) is 132 Å². The molecule has 0 saturated carbocycles. The fraction of sp³-hybridized carbons (Fsp3) is 0.219. The molecule has 4 rings (SSSR count). The van der Waals surface area contributed by atoms with Crippen molar-refractivity contribution in [2.75, 3.05) is 13.1 Å². The highest BCUT2D eigenvalue weighted by molar-refractivity contribution is 5.93. The molecule has 0 spiro atoms. The van der Waals surface area contributed by atoms with Crippen molar-refractivity contribution >= 4 is 11.9 Å². The van der Waals surface area contributed by atoms with Crippen molar-refractivity contribution in [1.29, 1.82) is 0 Å². The van der Waals surface area contributed by atoms with Crippen LogP contribution in [0.5, 0.6) is 5.75 Å². The second kappa shape index (κ2) is 13.7. The SMILES string of the molecule is CC(=O)OOc1cccc(CCCN(CCC(c2ccccc2)c2ccccc2)C(=O)c2cccnc2)c1. The van der Waals surface area contributed by atoms with Gasteiger partial charge in [0, 0.05) is 38.3 Å². The van der Waals surface area contributed by atoms with Crippen molar-refractivity contribution in [2.24, 2.45) is 0 Å². The van der Waals surface area contributed by atoms with Crippen molar-refractivity contribution in [3.8, 4) is 5.75 Å². The average molecular weight is 509 g/mol. The molecule has 0 N–H and O–H groups in total. The monoisotopic (exact) mass is 508 g/mol. The summed E-state index contributed by atoms with van der Waals surface area (Å²) in [6.45, 7) is 2.49. The van der Waals surface area contributed by atoms with E-state index in [0.717, 1.165) is 24.8 Å². The molecule has 0 unspecified atom stereocenters. The number of carbonyl (C=O) groups excluding carboxylic acids is 2. The van der Waals surface area contributed by atoms with E-state index in [1.165, 1.54) is 18.1 Å². The van der Waals surface area contributed by atoms with Crippen LogP contribution in [0.15, 0.2) is 109 Å². The van der Waals surface area contributed by atoms with Crippen LogP contribution in [0.4, 0.5) is 0 Å². The second-order valence-corrected chi connectivity index (χ2v) is 9.11. The quantitative estimate of drug-likeness (QED) is 0.167. The zero-order chi connectivity index (χ0) is 26.6. The maximum absolute atomic E-state index is 13.5.